The summed E-state index contributed by atoms with van der Waals surface area (Å²) >= 11 is 0. The number of fused-ring (bicyclic) bond motifs is 1. The van der Waals surface area contributed by atoms with Crippen molar-refractivity contribution >= 4 is 11.0 Å². The number of aryl methyl sites for hydroxylation is 1. The highest BCUT2D eigenvalue weighted by Crippen LogP contribution is 2.33. The molecule has 0 spiro atoms. The predicted octanol–water partition coefficient (Wildman–Crippen LogP) is 1.67. The van der Waals surface area contributed by atoms with Gasteiger partial charge in [-0.25, -0.2) is 0 Å². The lowest BCUT2D eigenvalue weighted by atomic mass is 9.94. The molecule has 18 heavy (non-hydrogen) atoms. The summed E-state index contributed by atoms with van der Waals surface area (Å²) in [6.45, 7) is 1.06. The smallest absolute Gasteiger partial charge is 0.0928 e. The number of hydrogen-bond acceptors (Lipinski definition) is 3. The van der Waals surface area contributed by atoms with Crippen LogP contribution in [0.5, 0.6) is 0 Å². The number of aromatic nitrogens is 2. The fraction of sp³-hybridized carbons (Fsp3) is 0.500. The zero-order valence-electron chi connectivity index (χ0n) is 11.0. The van der Waals surface area contributed by atoms with Crippen LogP contribution in [-0.2, 0) is 7.05 Å². The van der Waals surface area contributed by atoms with E-state index in [1.807, 2.05) is 12.3 Å². The number of hydrogen-bond donors (Lipinski definition) is 1. The fourth-order valence-electron chi connectivity index (χ4n) is 2.96. The molecule has 1 aliphatic rings. The standard InChI is InChI=1S/C14H20N4/c1-17-7-5-10(15)8-13(17)11-9-18(2)12-4-3-6-16-14(11)12/h3-4,6,9-10,13H,5,7-8,15H2,1-2H3. The van der Waals surface area contributed by atoms with Crippen LogP contribution in [0.15, 0.2) is 24.5 Å². The van der Waals surface area contributed by atoms with Gasteiger partial charge in [-0.05, 0) is 38.6 Å². The molecule has 0 saturated carbocycles. The van der Waals surface area contributed by atoms with Gasteiger partial charge in [-0.15, -0.1) is 0 Å². The molecule has 1 saturated heterocycles. The van der Waals surface area contributed by atoms with Gasteiger partial charge in [-0.1, -0.05) is 0 Å². The van der Waals surface area contributed by atoms with Crippen LogP contribution in [-0.4, -0.2) is 34.1 Å². The number of piperidine rings is 1. The summed E-state index contributed by atoms with van der Waals surface area (Å²) in [6.07, 6.45) is 6.18. The second kappa shape index (κ2) is 4.37. The molecule has 1 fully saturated rings. The second-order valence-corrected chi connectivity index (χ2v) is 5.35. The molecule has 0 amide bonds. The van der Waals surface area contributed by atoms with Crippen LogP contribution in [0.2, 0.25) is 0 Å². The van der Waals surface area contributed by atoms with E-state index in [9.17, 15) is 0 Å². The van der Waals surface area contributed by atoms with E-state index >= 15 is 0 Å². The second-order valence-electron chi connectivity index (χ2n) is 5.35. The molecule has 96 valence electrons. The fourth-order valence-corrected chi connectivity index (χ4v) is 2.96. The van der Waals surface area contributed by atoms with E-state index in [0.29, 0.717) is 12.1 Å². The Morgan fingerprint density at radius 2 is 2.22 bits per heavy atom. The van der Waals surface area contributed by atoms with Gasteiger partial charge in [0.05, 0.1) is 11.0 Å². The van der Waals surface area contributed by atoms with Gasteiger partial charge in [0.25, 0.3) is 0 Å². The van der Waals surface area contributed by atoms with Crippen LogP contribution in [0.4, 0.5) is 0 Å². The van der Waals surface area contributed by atoms with E-state index in [-0.39, 0.29) is 0 Å². The van der Waals surface area contributed by atoms with Crippen LogP contribution < -0.4 is 5.73 Å². The molecule has 0 aliphatic carbocycles. The third kappa shape index (κ3) is 1.82. The highest BCUT2D eigenvalue weighted by atomic mass is 15.1. The molecule has 2 aromatic heterocycles. The summed E-state index contributed by atoms with van der Waals surface area (Å²) in [5.41, 5.74) is 9.74. The molecule has 0 aromatic carbocycles. The summed E-state index contributed by atoms with van der Waals surface area (Å²) < 4.78 is 2.16. The monoisotopic (exact) mass is 244 g/mol. The lowest BCUT2D eigenvalue weighted by Gasteiger charge is -2.35. The number of likely N-dealkylation sites (tertiary alicyclic amines) is 1. The van der Waals surface area contributed by atoms with Gasteiger partial charge < -0.3 is 10.3 Å². The number of pyridine rings is 1. The normalized spacial score (nSPS) is 25.7. The van der Waals surface area contributed by atoms with Crippen LogP contribution in [0, 0.1) is 0 Å². The quantitative estimate of drug-likeness (QED) is 0.830. The summed E-state index contributed by atoms with van der Waals surface area (Å²) in [6, 6.07) is 4.81. The minimum absolute atomic E-state index is 0.310. The Labute approximate surface area is 107 Å². The van der Waals surface area contributed by atoms with E-state index in [4.69, 9.17) is 5.73 Å². The summed E-state index contributed by atoms with van der Waals surface area (Å²) in [7, 11) is 4.26. The van der Waals surface area contributed by atoms with Crippen LogP contribution in [0.1, 0.15) is 24.4 Å². The van der Waals surface area contributed by atoms with Crippen molar-refractivity contribution in [3.63, 3.8) is 0 Å². The van der Waals surface area contributed by atoms with Crippen molar-refractivity contribution in [2.75, 3.05) is 13.6 Å². The van der Waals surface area contributed by atoms with Crippen molar-refractivity contribution in [2.24, 2.45) is 12.8 Å². The molecule has 2 unspecified atom stereocenters. The first-order valence-electron chi connectivity index (χ1n) is 6.52. The zero-order chi connectivity index (χ0) is 12.7. The number of nitrogens with two attached hydrogens (primary N) is 1. The third-order valence-electron chi connectivity index (χ3n) is 4.04. The SMILES string of the molecule is CN1CCC(N)CC1c1cn(C)c2cccnc12. The van der Waals surface area contributed by atoms with Crippen molar-refractivity contribution < 1.29 is 0 Å². The van der Waals surface area contributed by atoms with Crippen molar-refractivity contribution in [1.82, 2.24) is 14.5 Å². The Kier molecular flexibility index (Phi) is 2.84. The van der Waals surface area contributed by atoms with Gasteiger partial charge in [0.15, 0.2) is 0 Å². The molecule has 2 atom stereocenters. The van der Waals surface area contributed by atoms with Crippen LogP contribution >= 0.6 is 0 Å². The Morgan fingerprint density at radius 3 is 3.06 bits per heavy atom. The first kappa shape index (κ1) is 11.7. The molecule has 1 aliphatic heterocycles. The Morgan fingerprint density at radius 1 is 1.39 bits per heavy atom. The maximum atomic E-state index is 6.12. The van der Waals surface area contributed by atoms with Gasteiger partial charge in [0, 0.05) is 37.1 Å². The van der Waals surface area contributed by atoms with Gasteiger partial charge in [-0.3, -0.25) is 9.88 Å². The van der Waals surface area contributed by atoms with E-state index in [2.05, 4.69) is 40.8 Å². The van der Waals surface area contributed by atoms with E-state index < -0.39 is 0 Å². The average Bonchev–Trinajstić information content (AvgIpc) is 2.71. The number of nitrogens with zero attached hydrogens (tertiary/aromatic N) is 3. The van der Waals surface area contributed by atoms with E-state index in [1.165, 1.54) is 11.1 Å². The van der Waals surface area contributed by atoms with Crippen molar-refractivity contribution in [3.8, 4) is 0 Å². The third-order valence-corrected chi connectivity index (χ3v) is 4.04. The Balaban J connectivity index is 2.08. The lowest BCUT2D eigenvalue weighted by molar-refractivity contribution is 0.172. The maximum Gasteiger partial charge on any atom is 0.0928 e. The van der Waals surface area contributed by atoms with Gasteiger partial charge in [0.1, 0.15) is 0 Å². The summed E-state index contributed by atoms with van der Waals surface area (Å²) in [5, 5.41) is 0. The number of rotatable bonds is 1. The lowest BCUT2D eigenvalue weighted by Crippen LogP contribution is -2.39. The average molecular weight is 244 g/mol. The topological polar surface area (TPSA) is 47.1 Å². The molecule has 4 nitrogen and oxygen atoms in total. The van der Waals surface area contributed by atoms with E-state index in [1.54, 1.807) is 0 Å². The molecule has 4 heteroatoms. The zero-order valence-corrected chi connectivity index (χ0v) is 11.0. The molecular weight excluding hydrogens is 224 g/mol. The molecule has 2 N–H and O–H groups in total. The van der Waals surface area contributed by atoms with Gasteiger partial charge in [-0.2, -0.15) is 0 Å². The molecule has 3 heterocycles. The largest absolute Gasteiger partial charge is 0.349 e. The summed E-state index contributed by atoms with van der Waals surface area (Å²) in [4.78, 5) is 6.94. The van der Waals surface area contributed by atoms with Crippen LogP contribution in [0.3, 0.4) is 0 Å². The van der Waals surface area contributed by atoms with Crippen molar-refractivity contribution in [2.45, 2.75) is 24.9 Å². The van der Waals surface area contributed by atoms with Crippen LogP contribution in [0.25, 0.3) is 11.0 Å². The first-order chi connectivity index (χ1) is 8.66. The van der Waals surface area contributed by atoms with Crippen molar-refractivity contribution in [3.05, 3.63) is 30.1 Å². The predicted molar refractivity (Wildman–Crippen MR) is 73.3 cm³/mol. The molecule has 3 rings (SSSR count). The first-order valence-corrected chi connectivity index (χ1v) is 6.52. The summed E-state index contributed by atoms with van der Waals surface area (Å²) in [5.74, 6) is 0. The minimum atomic E-state index is 0.310. The maximum absolute atomic E-state index is 6.12. The molecule has 0 bridgehead atoms. The Hall–Kier alpha value is -1.39. The highest BCUT2D eigenvalue weighted by molar-refractivity contribution is 5.80. The molecular formula is C14H20N4. The van der Waals surface area contributed by atoms with Crippen molar-refractivity contribution in [1.29, 1.82) is 0 Å². The van der Waals surface area contributed by atoms with E-state index in [0.717, 1.165) is 24.9 Å². The highest BCUT2D eigenvalue weighted by Gasteiger charge is 2.27. The van der Waals surface area contributed by atoms with Gasteiger partial charge >= 0.3 is 0 Å². The minimum Gasteiger partial charge on any atom is -0.349 e. The molecule has 2 aromatic rings. The van der Waals surface area contributed by atoms with Gasteiger partial charge in [0.2, 0.25) is 0 Å². The molecule has 0 radical (unpaired) electrons. The Bertz CT molecular complexity index is 560.